The second kappa shape index (κ2) is 8.88. The molecule has 1 aliphatic heterocycles. The Morgan fingerprint density at radius 3 is 2.73 bits per heavy atom. The normalized spacial score (nSPS) is 15.7. The molecule has 0 saturated carbocycles. The molecule has 0 N–H and O–H groups in total. The predicted molar refractivity (Wildman–Crippen MR) is 118 cm³/mol. The number of fused-ring (bicyclic) bond motifs is 1. The van der Waals surface area contributed by atoms with Crippen molar-refractivity contribution in [1.29, 1.82) is 0 Å². The summed E-state index contributed by atoms with van der Waals surface area (Å²) in [6, 6.07) is 13.6. The second-order valence-corrected chi connectivity index (χ2v) is 8.60. The van der Waals surface area contributed by atoms with Crippen LogP contribution in [0.25, 0.3) is 0 Å². The summed E-state index contributed by atoms with van der Waals surface area (Å²) in [5.41, 5.74) is 3.51. The van der Waals surface area contributed by atoms with Gasteiger partial charge >= 0.3 is 0 Å². The number of thiophene rings is 1. The maximum atomic E-state index is 13.5. The van der Waals surface area contributed by atoms with Crippen LogP contribution in [-0.2, 0) is 11.2 Å². The minimum atomic E-state index is -0.240. The van der Waals surface area contributed by atoms with Crippen LogP contribution in [0.2, 0.25) is 0 Å². The van der Waals surface area contributed by atoms with E-state index >= 15 is 0 Å². The van der Waals surface area contributed by atoms with E-state index in [0.717, 1.165) is 24.0 Å². The third-order valence-corrected chi connectivity index (χ3v) is 6.60. The first-order chi connectivity index (χ1) is 14.6. The minimum absolute atomic E-state index is 0.0338. The van der Waals surface area contributed by atoms with Crippen molar-refractivity contribution < 1.29 is 14.0 Å². The highest BCUT2D eigenvalue weighted by atomic mass is 32.1. The van der Waals surface area contributed by atoms with Crippen LogP contribution < -0.4 is 0 Å². The first-order valence-corrected chi connectivity index (χ1v) is 11.2. The number of carbonyl (C=O) groups is 2. The first-order valence-electron chi connectivity index (χ1n) is 10.3. The molecule has 4 rings (SSSR count). The molecule has 5 nitrogen and oxygen atoms in total. The van der Waals surface area contributed by atoms with Gasteiger partial charge in [0, 0.05) is 18.0 Å². The molecule has 2 amide bonds. The zero-order valence-electron chi connectivity index (χ0n) is 17.3. The van der Waals surface area contributed by atoms with Crippen molar-refractivity contribution in [2.24, 2.45) is 0 Å². The number of rotatable bonds is 6. The van der Waals surface area contributed by atoms with E-state index in [4.69, 9.17) is 4.42 Å². The average molecular weight is 423 g/mol. The average Bonchev–Trinajstić information content (AvgIpc) is 3.44. The lowest BCUT2D eigenvalue weighted by Gasteiger charge is -2.38. The summed E-state index contributed by atoms with van der Waals surface area (Å²) in [5, 5.41) is 2.10. The van der Waals surface area contributed by atoms with Crippen LogP contribution in [0.4, 0.5) is 0 Å². The van der Waals surface area contributed by atoms with Crippen molar-refractivity contribution in [3.8, 4) is 0 Å². The summed E-state index contributed by atoms with van der Waals surface area (Å²) >= 11 is 1.75. The van der Waals surface area contributed by atoms with Gasteiger partial charge in [-0.15, -0.1) is 11.3 Å². The second-order valence-electron chi connectivity index (χ2n) is 7.60. The summed E-state index contributed by atoms with van der Waals surface area (Å²) in [4.78, 5) is 31.2. The minimum Gasteiger partial charge on any atom is -0.459 e. The molecule has 156 valence electrons. The Morgan fingerprint density at radius 2 is 2.00 bits per heavy atom. The van der Waals surface area contributed by atoms with Gasteiger partial charge in [-0.25, -0.2) is 0 Å². The smallest absolute Gasteiger partial charge is 0.290 e. The SMILES string of the molecule is CCCN(CC(=O)N1CCc2sccc2[C@H]1c1ccccc1C)C(=O)c1ccco1. The third-order valence-electron chi connectivity index (χ3n) is 5.61. The van der Waals surface area contributed by atoms with Crippen molar-refractivity contribution in [2.75, 3.05) is 19.6 Å². The fourth-order valence-electron chi connectivity index (χ4n) is 4.15. The number of amides is 2. The van der Waals surface area contributed by atoms with E-state index in [0.29, 0.717) is 13.1 Å². The Morgan fingerprint density at radius 1 is 1.17 bits per heavy atom. The highest BCUT2D eigenvalue weighted by molar-refractivity contribution is 7.10. The van der Waals surface area contributed by atoms with E-state index in [2.05, 4.69) is 30.5 Å². The lowest BCUT2D eigenvalue weighted by molar-refractivity contribution is -0.134. The molecular weight excluding hydrogens is 396 g/mol. The molecule has 0 unspecified atom stereocenters. The fraction of sp³-hybridized carbons (Fsp3) is 0.333. The van der Waals surface area contributed by atoms with Gasteiger partial charge in [-0.1, -0.05) is 31.2 Å². The molecule has 0 bridgehead atoms. The van der Waals surface area contributed by atoms with Gasteiger partial charge in [0.25, 0.3) is 5.91 Å². The Labute approximate surface area is 180 Å². The molecule has 0 saturated heterocycles. The van der Waals surface area contributed by atoms with E-state index in [1.807, 2.05) is 24.0 Å². The monoisotopic (exact) mass is 422 g/mol. The molecule has 30 heavy (non-hydrogen) atoms. The maximum absolute atomic E-state index is 13.5. The molecule has 1 aromatic carbocycles. The number of benzene rings is 1. The molecule has 2 aromatic heterocycles. The summed E-state index contributed by atoms with van der Waals surface area (Å²) in [6.07, 6.45) is 3.10. The molecule has 0 radical (unpaired) electrons. The van der Waals surface area contributed by atoms with Gasteiger partial charge in [-0.3, -0.25) is 9.59 Å². The van der Waals surface area contributed by atoms with Crippen LogP contribution in [0.1, 0.15) is 51.5 Å². The summed E-state index contributed by atoms with van der Waals surface area (Å²) in [5.74, 6) is -0.00481. The number of nitrogens with zero attached hydrogens (tertiary/aromatic N) is 2. The van der Waals surface area contributed by atoms with Crippen LogP contribution in [0.5, 0.6) is 0 Å². The van der Waals surface area contributed by atoms with Crippen molar-refractivity contribution in [3.05, 3.63) is 81.4 Å². The van der Waals surface area contributed by atoms with E-state index in [-0.39, 0.29) is 30.2 Å². The zero-order chi connectivity index (χ0) is 21.1. The van der Waals surface area contributed by atoms with Gasteiger partial charge in [0.15, 0.2) is 5.76 Å². The summed E-state index contributed by atoms with van der Waals surface area (Å²) in [7, 11) is 0. The number of furan rings is 1. The van der Waals surface area contributed by atoms with E-state index in [1.54, 1.807) is 28.4 Å². The maximum Gasteiger partial charge on any atom is 0.290 e. The fourth-order valence-corrected chi connectivity index (χ4v) is 5.05. The molecule has 1 atom stereocenters. The van der Waals surface area contributed by atoms with Crippen LogP contribution >= 0.6 is 11.3 Å². The third kappa shape index (κ3) is 3.92. The van der Waals surface area contributed by atoms with Gasteiger partial charge in [-0.05, 0) is 60.0 Å². The van der Waals surface area contributed by atoms with Gasteiger partial charge < -0.3 is 14.2 Å². The summed E-state index contributed by atoms with van der Waals surface area (Å²) in [6.45, 7) is 5.30. The standard InChI is InChI=1S/C24H26N2O3S/c1-3-12-25(24(28)20-9-6-14-29-20)16-22(27)26-13-10-21-19(11-15-30-21)23(26)18-8-5-4-7-17(18)2/h4-9,11,14-15,23H,3,10,12-13,16H2,1-2H3/t23-/m1/s1. The number of hydrogen-bond donors (Lipinski definition) is 0. The predicted octanol–water partition coefficient (Wildman–Crippen LogP) is 4.68. The van der Waals surface area contributed by atoms with E-state index < -0.39 is 0 Å². The molecular formula is C24H26N2O3S. The van der Waals surface area contributed by atoms with Crippen molar-refractivity contribution in [3.63, 3.8) is 0 Å². The molecule has 0 spiro atoms. The van der Waals surface area contributed by atoms with E-state index in [9.17, 15) is 9.59 Å². The lowest BCUT2D eigenvalue weighted by atomic mass is 9.90. The lowest BCUT2D eigenvalue weighted by Crippen LogP contribution is -2.47. The number of aryl methyl sites for hydroxylation is 1. The number of hydrogen-bond acceptors (Lipinski definition) is 4. The molecule has 0 aliphatic carbocycles. The zero-order valence-corrected chi connectivity index (χ0v) is 18.2. The van der Waals surface area contributed by atoms with Gasteiger partial charge in [0.05, 0.1) is 12.3 Å². The molecule has 3 heterocycles. The van der Waals surface area contributed by atoms with Crippen LogP contribution in [0.15, 0.2) is 58.5 Å². The van der Waals surface area contributed by atoms with Gasteiger partial charge in [-0.2, -0.15) is 0 Å². The number of carbonyl (C=O) groups excluding carboxylic acids is 2. The van der Waals surface area contributed by atoms with E-state index in [1.165, 1.54) is 16.7 Å². The Bertz CT molecular complexity index is 1020. The van der Waals surface area contributed by atoms with Gasteiger partial charge in [0.1, 0.15) is 6.54 Å². The topological polar surface area (TPSA) is 53.8 Å². The summed E-state index contributed by atoms with van der Waals surface area (Å²) < 4.78 is 5.28. The van der Waals surface area contributed by atoms with Crippen molar-refractivity contribution in [2.45, 2.75) is 32.7 Å². The van der Waals surface area contributed by atoms with Gasteiger partial charge in [0.2, 0.25) is 5.91 Å². The molecule has 3 aromatic rings. The highest BCUT2D eigenvalue weighted by Gasteiger charge is 2.34. The van der Waals surface area contributed by atoms with Crippen LogP contribution in [0.3, 0.4) is 0 Å². The van der Waals surface area contributed by atoms with Crippen LogP contribution in [0, 0.1) is 6.92 Å². The molecule has 1 aliphatic rings. The Hall–Kier alpha value is -2.86. The molecule has 0 fully saturated rings. The quantitative estimate of drug-likeness (QED) is 0.580. The highest BCUT2D eigenvalue weighted by Crippen LogP contribution is 2.39. The first kappa shape index (κ1) is 20.4. The Kier molecular flexibility index (Phi) is 6.04. The molecule has 6 heteroatoms. The largest absolute Gasteiger partial charge is 0.459 e. The van der Waals surface area contributed by atoms with Crippen molar-refractivity contribution >= 4 is 23.2 Å². The van der Waals surface area contributed by atoms with Crippen molar-refractivity contribution in [1.82, 2.24) is 9.80 Å². The van der Waals surface area contributed by atoms with Crippen LogP contribution in [-0.4, -0.2) is 41.2 Å². The Balaban J connectivity index is 1.63.